The number of nitrogens with two attached hydrogens (primary N) is 1. The van der Waals surface area contributed by atoms with Gasteiger partial charge in [-0.05, 0) is 29.9 Å². The SMILES string of the molecule is NC(=O)[C@@H](CCSc1ccccc1)c1ccccc1. The van der Waals surface area contributed by atoms with E-state index in [1.54, 1.807) is 11.8 Å². The second kappa shape index (κ2) is 7.00. The monoisotopic (exact) mass is 271 g/mol. The Balaban J connectivity index is 1.94. The minimum absolute atomic E-state index is 0.197. The molecule has 0 aliphatic rings. The molecule has 0 aliphatic heterocycles. The van der Waals surface area contributed by atoms with Gasteiger partial charge in [-0.25, -0.2) is 0 Å². The number of hydrogen-bond donors (Lipinski definition) is 1. The lowest BCUT2D eigenvalue weighted by Crippen LogP contribution is -2.21. The molecule has 98 valence electrons. The van der Waals surface area contributed by atoms with Gasteiger partial charge in [-0.2, -0.15) is 0 Å². The first kappa shape index (κ1) is 13.7. The summed E-state index contributed by atoms with van der Waals surface area (Å²) in [7, 11) is 0. The largest absolute Gasteiger partial charge is 0.369 e. The Morgan fingerprint density at radius 2 is 1.58 bits per heavy atom. The Kier molecular flexibility index (Phi) is 5.04. The summed E-state index contributed by atoms with van der Waals surface area (Å²) in [6.45, 7) is 0. The fourth-order valence-corrected chi connectivity index (χ4v) is 2.91. The van der Waals surface area contributed by atoms with Gasteiger partial charge in [0.25, 0.3) is 0 Å². The van der Waals surface area contributed by atoms with Gasteiger partial charge in [-0.1, -0.05) is 48.5 Å². The molecule has 0 aliphatic carbocycles. The Morgan fingerprint density at radius 3 is 2.16 bits per heavy atom. The van der Waals surface area contributed by atoms with Crippen LogP contribution in [0.4, 0.5) is 0 Å². The Labute approximate surface area is 118 Å². The number of amides is 1. The summed E-state index contributed by atoms with van der Waals surface area (Å²) in [5.74, 6) is 0.434. The average molecular weight is 271 g/mol. The fourth-order valence-electron chi connectivity index (χ4n) is 1.97. The molecule has 0 aromatic heterocycles. The van der Waals surface area contributed by atoms with E-state index in [2.05, 4.69) is 12.1 Å². The minimum atomic E-state index is -0.250. The van der Waals surface area contributed by atoms with Crippen LogP contribution in [0, 0.1) is 0 Å². The average Bonchev–Trinajstić information content (AvgIpc) is 2.45. The molecule has 0 fully saturated rings. The first-order chi connectivity index (χ1) is 9.27. The van der Waals surface area contributed by atoms with E-state index >= 15 is 0 Å². The highest BCUT2D eigenvalue weighted by Crippen LogP contribution is 2.25. The number of primary amides is 1. The first-order valence-electron chi connectivity index (χ1n) is 6.29. The third kappa shape index (κ3) is 4.14. The van der Waals surface area contributed by atoms with Crippen molar-refractivity contribution in [1.29, 1.82) is 0 Å². The van der Waals surface area contributed by atoms with E-state index in [0.717, 1.165) is 17.7 Å². The van der Waals surface area contributed by atoms with Gasteiger partial charge < -0.3 is 5.73 Å². The number of carbonyl (C=O) groups is 1. The molecule has 2 aromatic carbocycles. The van der Waals surface area contributed by atoms with Crippen LogP contribution in [-0.4, -0.2) is 11.7 Å². The summed E-state index contributed by atoms with van der Waals surface area (Å²) in [5, 5.41) is 0. The van der Waals surface area contributed by atoms with Crippen molar-refractivity contribution in [3.63, 3.8) is 0 Å². The molecule has 0 spiro atoms. The molecular formula is C16H17NOS. The lowest BCUT2D eigenvalue weighted by atomic mass is 9.96. The van der Waals surface area contributed by atoms with Crippen LogP contribution < -0.4 is 5.73 Å². The molecular weight excluding hydrogens is 254 g/mol. The van der Waals surface area contributed by atoms with E-state index in [1.807, 2.05) is 48.5 Å². The van der Waals surface area contributed by atoms with Gasteiger partial charge in [0.2, 0.25) is 5.91 Å². The second-order valence-corrected chi connectivity index (χ2v) is 5.48. The summed E-state index contributed by atoms with van der Waals surface area (Å²) in [5.41, 5.74) is 6.50. The molecule has 0 unspecified atom stereocenters. The van der Waals surface area contributed by atoms with E-state index in [0.29, 0.717) is 0 Å². The summed E-state index contributed by atoms with van der Waals surface area (Å²) >= 11 is 1.75. The third-order valence-electron chi connectivity index (χ3n) is 2.96. The zero-order chi connectivity index (χ0) is 13.5. The van der Waals surface area contributed by atoms with Crippen LogP contribution in [0.5, 0.6) is 0 Å². The highest BCUT2D eigenvalue weighted by molar-refractivity contribution is 7.99. The number of hydrogen-bond acceptors (Lipinski definition) is 2. The maximum atomic E-state index is 11.6. The Morgan fingerprint density at radius 1 is 1.00 bits per heavy atom. The van der Waals surface area contributed by atoms with Crippen molar-refractivity contribution < 1.29 is 4.79 Å². The molecule has 2 aromatic rings. The van der Waals surface area contributed by atoms with Crippen molar-refractivity contribution in [3.8, 4) is 0 Å². The number of thioether (sulfide) groups is 1. The van der Waals surface area contributed by atoms with E-state index < -0.39 is 0 Å². The summed E-state index contributed by atoms with van der Waals surface area (Å²) in [6.07, 6.45) is 0.763. The molecule has 0 saturated heterocycles. The Hall–Kier alpha value is -1.74. The van der Waals surface area contributed by atoms with Crippen LogP contribution >= 0.6 is 11.8 Å². The maximum absolute atomic E-state index is 11.6. The van der Waals surface area contributed by atoms with Crippen LogP contribution in [0.3, 0.4) is 0 Å². The first-order valence-corrected chi connectivity index (χ1v) is 7.28. The van der Waals surface area contributed by atoms with E-state index in [-0.39, 0.29) is 11.8 Å². The maximum Gasteiger partial charge on any atom is 0.224 e. The predicted molar refractivity (Wildman–Crippen MR) is 80.2 cm³/mol. The van der Waals surface area contributed by atoms with Crippen LogP contribution in [-0.2, 0) is 4.79 Å². The normalized spacial score (nSPS) is 12.0. The highest BCUT2D eigenvalue weighted by Gasteiger charge is 2.16. The molecule has 1 atom stereocenters. The molecule has 2 nitrogen and oxygen atoms in total. The summed E-state index contributed by atoms with van der Waals surface area (Å²) in [6, 6.07) is 19.9. The fraction of sp³-hybridized carbons (Fsp3) is 0.188. The predicted octanol–water partition coefficient (Wildman–Crippen LogP) is 3.44. The van der Waals surface area contributed by atoms with E-state index in [1.165, 1.54) is 4.90 Å². The van der Waals surface area contributed by atoms with Gasteiger partial charge in [-0.3, -0.25) is 4.79 Å². The van der Waals surface area contributed by atoms with Gasteiger partial charge in [0.15, 0.2) is 0 Å². The lowest BCUT2D eigenvalue weighted by molar-refractivity contribution is -0.119. The number of benzene rings is 2. The summed E-state index contributed by atoms with van der Waals surface area (Å²) in [4.78, 5) is 12.8. The minimum Gasteiger partial charge on any atom is -0.369 e. The number of carbonyl (C=O) groups excluding carboxylic acids is 1. The molecule has 3 heteroatoms. The van der Waals surface area contributed by atoms with Crippen molar-refractivity contribution >= 4 is 17.7 Å². The molecule has 1 amide bonds. The van der Waals surface area contributed by atoms with Gasteiger partial charge >= 0.3 is 0 Å². The van der Waals surface area contributed by atoms with E-state index in [9.17, 15) is 4.79 Å². The second-order valence-electron chi connectivity index (χ2n) is 4.32. The van der Waals surface area contributed by atoms with Crippen molar-refractivity contribution in [3.05, 3.63) is 66.2 Å². The molecule has 0 heterocycles. The molecule has 0 saturated carbocycles. The Bertz CT molecular complexity index is 513. The highest BCUT2D eigenvalue weighted by atomic mass is 32.2. The summed E-state index contributed by atoms with van der Waals surface area (Å²) < 4.78 is 0. The molecule has 2 rings (SSSR count). The van der Waals surface area contributed by atoms with Crippen LogP contribution in [0.25, 0.3) is 0 Å². The zero-order valence-electron chi connectivity index (χ0n) is 10.7. The van der Waals surface area contributed by atoms with Crippen molar-refractivity contribution in [2.75, 3.05) is 5.75 Å². The molecule has 0 bridgehead atoms. The van der Waals surface area contributed by atoms with E-state index in [4.69, 9.17) is 5.73 Å². The van der Waals surface area contributed by atoms with Crippen molar-refractivity contribution in [2.45, 2.75) is 17.2 Å². The van der Waals surface area contributed by atoms with Crippen molar-refractivity contribution in [1.82, 2.24) is 0 Å². The standard InChI is InChI=1S/C16H17NOS/c17-16(18)15(13-7-3-1-4-8-13)11-12-19-14-9-5-2-6-10-14/h1-10,15H,11-12H2,(H2,17,18)/t15-/m0/s1. The topological polar surface area (TPSA) is 43.1 Å². The molecule has 2 N–H and O–H groups in total. The van der Waals surface area contributed by atoms with Gasteiger partial charge in [0.05, 0.1) is 5.92 Å². The molecule has 19 heavy (non-hydrogen) atoms. The quantitative estimate of drug-likeness (QED) is 0.818. The van der Waals surface area contributed by atoms with Crippen LogP contribution in [0.15, 0.2) is 65.6 Å². The van der Waals surface area contributed by atoms with Crippen LogP contribution in [0.2, 0.25) is 0 Å². The molecule has 0 radical (unpaired) electrons. The van der Waals surface area contributed by atoms with Crippen LogP contribution in [0.1, 0.15) is 17.9 Å². The number of rotatable bonds is 6. The third-order valence-corrected chi connectivity index (χ3v) is 4.01. The van der Waals surface area contributed by atoms with Gasteiger partial charge in [0.1, 0.15) is 0 Å². The van der Waals surface area contributed by atoms with Crippen molar-refractivity contribution in [2.24, 2.45) is 5.73 Å². The lowest BCUT2D eigenvalue weighted by Gasteiger charge is -2.13. The van der Waals surface area contributed by atoms with Gasteiger partial charge in [-0.15, -0.1) is 11.8 Å². The smallest absolute Gasteiger partial charge is 0.224 e. The zero-order valence-corrected chi connectivity index (χ0v) is 11.5. The van der Waals surface area contributed by atoms with Gasteiger partial charge in [0, 0.05) is 4.90 Å².